The third kappa shape index (κ3) is 3.56. The number of rotatable bonds is 6. The fraction of sp³-hybridized carbons (Fsp3) is 0.143. The van der Waals surface area contributed by atoms with Gasteiger partial charge in [0.15, 0.2) is 0 Å². The van der Waals surface area contributed by atoms with Crippen LogP contribution in [0.4, 0.5) is 0 Å². The molecule has 0 aromatic heterocycles. The second-order valence-corrected chi connectivity index (χ2v) is 7.57. The zero-order valence-electron chi connectivity index (χ0n) is 13.2. The summed E-state index contributed by atoms with van der Waals surface area (Å²) in [5, 5.41) is 0.967. The number of hydrogen-bond donors (Lipinski definition) is 0. The second-order valence-electron chi connectivity index (χ2n) is 5.36. The summed E-state index contributed by atoms with van der Waals surface area (Å²) in [5.41, 5.74) is 2.04. The Morgan fingerprint density at radius 2 is 1.13 bits per heavy atom. The van der Waals surface area contributed by atoms with Gasteiger partial charge in [0.25, 0.3) is 0 Å². The van der Waals surface area contributed by atoms with Crippen molar-refractivity contribution < 1.29 is 4.74 Å². The van der Waals surface area contributed by atoms with Crippen LogP contribution < -0.4 is 4.46 Å². The fourth-order valence-corrected chi connectivity index (χ4v) is 5.20. The fourth-order valence-electron chi connectivity index (χ4n) is 2.74. The molecule has 3 aromatic carbocycles. The molecule has 3 aromatic rings. The minimum absolute atomic E-state index is 0.336. The molecule has 0 saturated carbocycles. The SMILES string of the molecule is COC(C[Se]c1ccccc1)(c1ccccc1)c1ccccc1. The average molecular weight is 367 g/mol. The van der Waals surface area contributed by atoms with Crippen LogP contribution in [0.1, 0.15) is 11.1 Å². The molecule has 0 saturated heterocycles. The van der Waals surface area contributed by atoms with Crippen LogP contribution in [0.5, 0.6) is 0 Å². The molecule has 0 amide bonds. The van der Waals surface area contributed by atoms with Gasteiger partial charge in [-0.3, -0.25) is 0 Å². The first-order valence-electron chi connectivity index (χ1n) is 7.69. The quantitative estimate of drug-likeness (QED) is 0.598. The van der Waals surface area contributed by atoms with Crippen molar-refractivity contribution in [3.05, 3.63) is 102 Å². The first kappa shape index (κ1) is 16.0. The van der Waals surface area contributed by atoms with Crippen LogP contribution in [0.25, 0.3) is 0 Å². The third-order valence-electron chi connectivity index (χ3n) is 4.01. The van der Waals surface area contributed by atoms with E-state index >= 15 is 0 Å². The Labute approximate surface area is 144 Å². The van der Waals surface area contributed by atoms with Gasteiger partial charge in [-0.05, 0) is 0 Å². The summed E-state index contributed by atoms with van der Waals surface area (Å²) < 4.78 is 7.54. The Balaban J connectivity index is 1.99. The van der Waals surface area contributed by atoms with Gasteiger partial charge < -0.3 is 0 Å². The molecule has 0 fully saturated rings. The molecule has 0 aliphatic rings. The van der Waals surface area contributed by atoms with Crippen molar-refractivity contribution in [3.8, 4) is 0 Å². The molecule has 0 bridgehead atoms. The van der Waals surface area contributed by atoms with Crippen LogP contribution in [0.15, 0.2) is 91.0 Å². The first-order valence-corrected chi connectivity index (χ1v) is 9.76. The van der Waals surface area contributed by atoms with Crippen LogP contribution in [0, 0.1) is 0 Å². The maximum absolute atomic E-state index is 6.15. The molecule has 0 heterocycles. The molecule has 0 atom stereocenters. The summed E-state index contributed by atoms with van der Waals surface area (Å²) in [6.07, 6.45) is 0. The van der Waals surface area contributed by atoms with Gasteiger partial charge in [-0.1, -0.05) is 0 Å². The zero-order chi connectivity index (χ0) is 16.0. The van der Waals surface area contributed by atoms with E-state index in [-0.39, 0.29) is 0 Å². The minimum atomic E-state index is -0.391. The van der Waals surface area contributed by atoms with Gasteiger partial charge in [-0.25, -0.2) is 0 Å². The van der Waals surface area contributed by atoms with E-state index in [0.29, 0.717) is 15.0 Å². The van der Waals surface area contributed by atoms with Crippen LogP contribution in [0.2, 0.25) is 5.32 Å². The Morgan fingerprint density at radius 1 is 0.696 bits per heavy atom. The van der Waals surface area contributed by atoms with Crippen LogP contribution in [0.3, 0.4) is 0 Å². The Bertz CT molecular complexity index is 671. The molecule has 0 aliphatic heterocycles. The van der Waals surface area contributed by atoms with Crippen molar-refractivity contribution in [1.82, 2.24) is 0 Å². The van der Waals surface area contributed by atoms with E-state index < -0.39 is 5.60 Å². The van der Waals surface area contributed by atoms with Crippen molar-refractivity contribution in [3.63, 3.8) is 0 Å². The molecular formula is C21H20OSe. The molecule has 0 aliphatic carbocycles. The third-order valence-corrected chi connectivity index (χ3v) is 6.44. The van der Waals surface area contributed by atoms with Gasteiger partial charge in [-0.2, -0.15) is 0 Å². The maximum atomic E-state index is 6.15. The molecule has 0 unspecified atom stereocenters. The van der Waals surface area contributed by atoms with E-state index in [0.717, 1.165) is 5.32 Å². The molecular weight excluding hydrogens is 347 g/mol. The molecule has 23 heavy (non-hydrogen) atoms. The summed E-state index contributed by atoms with van der Waals surface area (Å²) in [5.74, 6) is 0. The summed E-state index contributed by atoms with van der Waals surface area (Å²) in [4.78, 5) is 0. The zero-order valence-corrected chi connectivity index (χ0v) is 14.9. The number of methoxy groups -OCH3 is 1. The van der Waals surface area contributed by atoms with Gasteiger partial charge >= 0.3 is 144 Å². The van der Waals surface area contributed by atoms with E-state index in [1.807, 2.05) is 7.11 Å². The van der Waals surface area contributed by atoms with Gasteiger partial charge in [0.1, 0.15) is 0 Å². The molecule has 0 N–H and O–H groups in total. The van der Waals surface area contributed by atoms with Gasteiger partial charge in [-0.15, -0.1) is 0 Å². The van der Waals surface area contributed by atoms with Gasteiger partial charge in [0, 0.05) is 0 Å². The van der Waals surface area contributed by atoms with Crippen molar-refractivity contribution in [2.75, 3.05) is 7.11 Å². The van der Waals surface area contributed by atoms with Crippen molar-refractivity contribution >= 4 is 19.4 Å². The predicted octanol–water partition coefficient (Wildman–Crippen LogP) is 4.02. The summed E-state index contributed by atoms with van der Waals surface area (Å²) in [6, 6.07) is 31.8. The average Bonchev–Trinajstić information content (AvgIpc) is 2.65. The second kappa shape index (κ2) is 7.61. The molecule has 0 radical (unpaired) electrons. The van der Waals surface area contributed by atoms with E-state index in [1.165, 1.54) is 15.6 Å². The van der Waals surface area contributed by atoms with Gasteiger partial charge in [0.05, 0.1) is 0 Å². The van der Waals surface area contributed by atoms with Crippen LogP contribution in [-0.4, -0.2) is 22.1 Å². The van der Waals surface area contributed by atoms with Crippen molar-refractivity contribution in [1.29, 1.82) is 0 Å². The number of ether oxygens (including phenoxy) is 1. The summed E-state index contributed by atoms with van der Waals surface area (Å²) in [7, 11) is 1.82. The predicted molar refractivity (Wildman–Crippen MR) is 97.3 cm³/mol. The monoisotopic (exact) mass is 368 g/mol. The standard InChI is InChI=1S/C21H20OSe/c1-22-21(18-11-5-2-6-12-18,19-13-7-3-8-14-19)17-23-20-15-9-4-10-16-20/h2-16H,17H2,1H3. The summed E-state index contributed by atoms with van der Waals surface area (Å²) in [6.45, 7) is 0. The summed E-state index contributed by atoms with van der Waals surface area (Å²) >= 11 is 0.336. The van der Waals surface area contributed by atoms with E-state index in [2.05, 4.69) is 91.0 Å². The van der Waals surface area contributed by atoms with Crippen molar-refractivity contribution in [2.45, 2.75) is 10.9 Å². The molecule has 3 rings (SSSR count). The number of benzene rings is 3. The van der Waals surface area contributed by atoms with Crippen LogP contribution in [-0.2, 0) is 10.3 Å². The van der Waals surface area contributed by atoms with E-state index in [4.69, 9.17) is 4.74 Å². The topological polar surface area (TPSA) is 9.23 Å². The first-order chi connectivity index (χ1) is 11.3. The number of hydrogen-bond acceptors (Lipinski definition) is 1. The molecule has 0 spiro atoms. The molecule has 2 heteroatoms. The van der Waals surface area contributed by atoms with E-state index in [9.17, 15) is 0 Å². The van der Waals surface area contributed by atoms with Crippen LogP contribution >= 0.6 is 0 Å². The van der Waals surface area contributed by atoms with Gasteiger partial charge in [0.2, 0.25) is 0 Å². The Morgan fingerprint density at radius 3 is 1.57 bits per heavy atom. The van der Waals surface area contributed by atoms with E-state index in [1.54, 1.807) is 0 Å². The Hall–Kier alpha value is -1.86. The molecule has 1 nitrogen and oxygen atoms in total. The molecule has 116 valence electrons. The Kier molecular flexibility index (Phi) is 5.30. The van der Waals surface area contributed by atoms with Crippen molar-refractivity contribution in [2.24, 2.45) is 0 Å². The normalized spacial score (nSPS) is 11.3.